The van der Waals surface area contributed by atoms with Gasteiger partial charge in [0.05, 0.1) is 0 Å². The van der Waals surface area contributed by atoms with Crippen LogP contribution < -0.4 is 5.32 Å². The molecule has 2 aliphatic carbocycles. The van der Waals surface area contributed by atoms with Gasteiger partial charge in [-0.1, -0.05) is 46.0 Å². The molecule has 0 saturated heterocycles. The van der Waals surface area contributed by atoms with Gasteiger partial charge >= 0.3 is 0 Å². The van der Waals surface area contributed by atoms with Gasteiger partial charge in [-0.3, -0.25) is 0 Å². The summed E-state index contributed by atoms with van der Waals surface area (Å²) in [5.74, 6) is 1.84. The van der Waals surface area contributed by atoms with Crippen LogP contribution in [-0.4, -0.2) is 37.1 Å². The third-order valence-electron chi connectivity index (χ3n) is 6.41. The average molecular weight is 295 g/mol. The number of rotatable bonds is 5. The number of hydrogen-bond donors (Lipinski definition) is 1. The minimum absolute atomic E-state index is 0.433. The van der Waals surface area contributed by atoms with Crippen LogP contribution in [-0.2, 0) is 0 Å². The molecule has 124 valence electrons. The van der Waals surface area contributed by atoms with Crippen LogP contribution in [0.5, 0.6) is 0 Å². The SMILES string of the molecule is CC(C)C1CCCC(NCC2(N(C)C)CCCCC2)CC1. The molecule has 2 heteroatoms. The van der Waals surface area contributed by atoms with Crippen LogP contribution in [0.1, 0.15) is 78.1 Å². The van der Waals surface area contributed by atoms with E-state index in [1.54, 1.807) is 0 Å². The third kappa shape index (κ3) is 4.69. The number of nitrogens with zero attached hydrogens (tertiary/aromatic N) is 1. The molecule has 0 aromatic rings. The molecule has 2 saturated carbocycles. The van der Waals surface area contributed by atoms with Gasteiger partial charge in [-0.25, -0.2) is 0 Å². The van der Waals surface area contributed by atoms with Gasteiger partial charge in [0, 0.05) is 18.1 Å². The first kappa shape index (κ1) is 17.3. The standard InChI is InChI=1S/C19H38N2/c1-16(2)17-9-8-10-18(12-11-17)20-15-19(21(3)4)13-6-5-7-14-19/h16-18,20H,5-15H2,1-4H3. The van der Waals surface area contributed by atoms with Gasteiger partial charge in [-0.15, -0.1) is 0 Å². The van der Waals surface area contributed by atoms with Crippen molar-refractivity contribution in [3.63, 3.8) is 0 Å². The summed E-state index contributed by atoms with van der Waals surface area (Å²) in [5.41, 5.74) is 0.433. The largest absolute Gasteiger partial charge is 0.312 e. The molecule has 2 rings (SSSR count). The van der Waals surface area contributed by atoms with Crippen molar-refractivity contribution < 1.29 is 0 Å². The van der Waals surface area contributed by atoms with Crippen molar-refractivity contribution in [1.82, 2.24) is 10.2 Å². The Morgan fingerprint density at radius 3 is 2.29 bits per heavy atom. The zero-order chi connectivity index (χ0) is 15.3. The van der Waals surface area contributed by atoms with Crippen LogP contribution >= 0.6 is 0 Å². The van der Waals surface area contributed by atoms with Crippen molar-refractivity contribution in [2.45, 2.75) is 89.6 Å². The van der Waals surface area contributed by atoms with Gasteiger partial charge in [-0.05, 0) is 58.0 Å². The van der Waals surface area contributed by atoms with Crippen LogP contribution in [0.15, 0.2) is 0 Å². The summed E-state index contributed by atoms with van der Waals surface area (Å²) < 4.78 is 0. The second-order valence-electron chi connectivity index (χ2n) is 8.27. The molecule has 0 heterocycles. The molecule has 2 nitrogen and oxygen atoms in total. The molecule has 0 aliphatic heterocycles. The van der Waals surface area contributed by atoms with E-state index in [-0.39, 0.29) is 0 Å². The predicted molar refractivity (Wildman–Crippen MR) is 92.7 cm³/mol. The molecule has 0 spiro atoms. The molecular formula is C19H38N2. The molecule has 0 aromatic heterocycles. The van der Waals surface area contributed by atoms with Crippen molar-refractivity contribution in [2.24, 2.45) is 11.8 Å². The second kappa shape index (κ2) is 7.97. The Balaban J connectivity index is 1.83. The molecule has 2 unspecified atom stereocenters. The van der Waals surface area contributed by atoms with Crippen LogP contribution in [0.4, 0.5) is 0 Å². The highest BCUT2D eigenvalue weighted by Gasteiger charge is 2.34. The Bertz CT molecular complexity index is 292. The number of nitrogens with one attached hydrogen (secondary N) is 1. The summed E-state index contributed by atoms with van der Waals surface area (Å²) in [6.45, 7) is 6.01. The van der Waals surface area contributed by atoms with E-state index in [1.165, 1.54) is 70.8 Å². The van der Waals surface area contributed by atoms with Crippen molar-refractivity contribution in [3.8, 4) is 0 Å². The fourth-order valence-corrected chi connectivity index (χ4v) is 4.53. The fourth-order valence-electron chi connectivity index (χ4n) is 4.53. The summed E-state index contributed by atoms with van der Waals surface area (Å²) in [6.07, 6.45) is 14.1. The minimum Gasteiger partial charge on any atom is -0.312 e. The van der Waals surface area contributed by atoms with Crippen molar-refractivity contribution in [1.29, 1.82) is 0 Å². The van der Waals surface area contributed by atoms with E-state index in [9.17, 15) is 0 Å². The monoisotopic (exact) mass is 294 g/mol. The van der Waals surface area contributed by atoms with Crippen molar-refractivity contribution in [2.75, 3.05) is 20.6 Å². The maximum Gasteiger partial charge on any atom is 0.0327 e. The van der Waals surface area contributed by atoms with E-state index in [0.717, 1.165) is 17.9 Å². The van der Waals surface area contributed by atoms with Crippen LogP contribution in [0.2, 0.25) is 0 Å². The highest BCUT2D eigenvalue weighted by molar-refractivity contribution is 4.93. The van der Waals surface area contributed by atoms with Gasteiger partial charge in [0.1, 0.15) is 0 Å². The lowest BCUT2D eigenvalue weighted by Gasteiger charge is -2.44. The summed E-state index contributed by atoms with van der Waals surface area (Å²) in [6, 6.07) is 0.771. The lowest BCUT2D eigenvalue weighted by atomic mass is 9.80. The van der Waals surface area contributed by atoms with E-state index < -0.39 is 0 Å². The summed E-state index contributed by atoms with van der Waals surface area (Å²) in [4.78, 5) is 2.51. The maximum absolute atomic E-state index is 3.97. The smallest absolute Gasteiger partial charge is 0.0327 e. The van der Waals surface area contributed by atoms with E-state index >= 15 is 0 Å². The molecular weight excluding hydrogens is 256 g/mol. The lowest BCUT2D eigenvalue weighted by molar-refractivity contribution is 0.0942. The van der Waals surface area contributed by atoms with Gasteiger partial charge in [0.25, 0.3) is 0 Å². The van der Waals surface area contributed by atoms with Gasteiger partial charge in [-0.2, -0.15) is 0 Å². The molecule has 2 atom stereocenters. The molecule has 2 aliphatic rings. The first-order chi connectivity index (χ1) is 10.0. The van der Waals surface area contributed by atoms with E-state index in [2.05, 4.69) is 38.2 Å². The topological polar surface area (TPSA) is 15.3 Å². The molecule has 0 bridgehead atoms. The van der Waals surface area contributed by atoms with Crippen molar-refractivity contribution >= 4 is 0 Å². The van der Waals surface area contributed by atoms with Gasteiger partial charge in [0.2, 0.25) is 0 Å². The zero-order valence-electron chi connectivity index (χ0n) is 15.0. The first-order valence-corrected chi connectivity index (χ1v) is 9.44. The molecule has 0 radical (unpaired) electrons. The van der Waals surface area contributed by atoms with Gasteiger partial charge in [0.15, 0.2) is 0 Å². The maximum atomic E-state index is 3.97. The Morgan fingerprint density at radius 2 is 1.67 bits per heavy atom. The summed E-state index contributed by atoms with van der Waals surface area (Å²) in [7, 11) is 4.57. The second-order valence-corrected chi connectivity index (χ2v) is 8.27. The fraction of sp³-hybridized carbons (Fsp3) is 1.00. The summed E-state index contributed by atoms with van der Waals surface area (Å²) in [5, 5.41) is 3.97. The zero-order valence-corrected chi connectivity index (χ0v) is 15.0. The molecule has 1 N–H and O–H groups in total. The quantitative estimate of drug-likeness (QED) is 0.754. The predicted octanol–water partition coefficient (Wildman–Crippen LogP) is 4.45. The van der Waals surface area contributed by atoms with Crippen LogP contribution in [0.25, 0.3) is 0 Å². The lowest BCUT2D eigenvalue weighted by Crippen LogP contribution is -2.54. The molecule has 0 aromatic carbocycles. The van der Waals surface area contributed by atoms with E-state index in [1.807, 2.05) is 0 Å². The van der Waals surface area contributed by atoms with Crippen LogP contribution in [0.3, 0.4) is 0 Å². The van der Waals surface area contributed by atoms with E-state index in [4.69, 9.17) is 0 Å². The summed E-state index contributed by atoms with van der Waals surface area (Å²) >= 11 is 0. The average Bonchev–Trinajstić information content (AvgIpc) is 2.71. The Kier molecular flexibility index (Phi) is 6.55. The molecule has 21 heavy (non-hydrogen) atoms. The molecule has 0 amide bonds. The third-order valence-corrected chi connectivity index (χ3v) is 6.41. The highest BCUT2D eigenvalue weighted by Crippen LogP contribution is 2.33. The highest BCUT2D eigenvalue weighted by atomic mass is 15.2. The van der Waals surface area contributed by atoms with E-state index in [0.29, 0.717) is 5.54 Å². The normalized spacial score (nSPS) is 30.6. The Labute approximate surface area is 133 Å². The number of hydrogen-bond acceptors (Lipinski definition) is 2. The number of likely N-dealkylation sites (N-methyl/N-ethyl adjacent to an activating group) is 1. The molecule has 2 fully saturated rings. The van der Waals surface area contributed by atoms with Gasteiger partial charge < -0.3 is 10.2 Å². The van der Waals surface area contributed by atoms with Crippen LogP contribution in [0, 0.1) is 11.8 Å². The first-order valence-electron chi connectivity index (χ1n) is 9.44. The van der Waals surface area contributed by atoms with Crippen molar-refractivity contribution in [3.05, 3.63) is 0 Å². The Hall–Kier alpha value is -0.0800. The Morgan fingerprint density at radius 1 is 0.952 bits per heavy atom. The minimum atomic E-state index is 0.433.